The van der Waals surface area contributed by atoms with Crippen molar-refractivity contribution in [2.24, 2.45) is 0 Å². The van der Waals surface area contributed by atoms with Gasteiger partial charge in [0, 0.05) is 18.8 Å². The predicted octanol–water partition coefficient (Wildman–Crippen LogP) is 3.56. The second-order valence-corrected chi connectivity index (χ2v) is 5.67. The first-order chi connectivity index (χ1) is 13.4. The summed E-state index contributed by atoms with van der Waals surface area (Å²) >= 11 is 0. The number of amides is 1. The molecule has 0 saturated heterocycles. The number of carbonyl (C=O) groups is 1. The van der Waals surface area contributed by atoms with Gasteiger partial charge in [0.1, 0.15) is 12.4 Å². The molecular weight excluding hydrogens is 382 g/mol. The molecule has 2 heterocycles. The topological polar surface area (TPSA) is 69.3 Å². The molecule has 0 fully saturated rings. The van der Waals surface area contributed by atoms with Gasteiger partial charge in [0.05, 0.1) is 12.2 Å². The summed E-state index contributed by atoms with van der Waals surface area (Å²) in [4.78, 5) is 12.1. The van der Waals surface area contributed by atoms with E-state index in [1.807, 2.05) is 6.92 Å². The van der Waals surface area contributed by atoms with E-state index in [1.54, 1.807) is 16.9 Å². The lowest BCUT2D eigenvalue weighted by molar-refractivity contribution is 0.0917. The number of furan rings is 1. The Kier molecular flexibility index (Phi) is 5.67. The molecule has 3 rings (SSSR count). The third-order valence-corrected chi connectivity index (χ3v) is 3.85. The zero-order valence-corrected chi connectivity index (χ0v) is 14.6. The summed E-state index contributed by atoms with van der Waals surface area (Å²) in [6.45, 7) is 2.24. The minimum atomic E-state index is -1.66. The minimum absolute atomic E-state index is 0.0345. The highest BCUT2D eigenvalue weighted by Crippen LogP contribution is 2.27. The average molecular weight is 397 g/mol. The highest BCUT2D eigenvalue weighted by Gasteiger charge is 2.21. The first-order valence-corrected chi connectivity index (χ1v) is 8.24. The van der Waals surface area contributed by atoms with E-state index in [-0.39, 0.29) is 24.1 Å². The Morgan fingerprint density at radius 2 is 1.89 bits per heavy atom. The number of ether oxygens (including phenoxy) is 1. The van der Waals surface area contributed by atoms with Crippen molar-refractivity contribution < 1.29 is 31.5 Å². The first-order valence-electron chi connectivity index (χ1n) is 8.24. The highest BCUT2D eigenvalue weighted by atomic mass is 19.2. The van der Waals surface area contributed by atoms with Gasteiger partial charge in [-0.2, -0.15) is 13.9 Å². The van der Waals surface area contributed by atoms with Crippen LogP contribution in [-0.4, -0.2) is 15.7 Å². The Hall–Kier alpha value is -3.30. The molecular formula is C18H15F4N3O3. The number of rotatable bonds is 7. The normalized spacial score (nSPS) is 10.9. The molecule has 1 amide bonds. The van der Waals surface area contributed by atoms with E-state index in [9.17, 15) is 22.4 Å². The molecule has 10 heteroatoms. The molecule has 1 N–H and O–H groups in total. The largest absolute Gasteiger partial charge is 0.479 e. The molecule has 6 nitrogen and oxygen atoms in total. The zero-order chi connectivity index (χ0) is 20.3. The number of nitrogens with zero attached hydrogens (tertiary/aromatic N) is 2. The molecule has 0 atom stereocenters. The van der Waals surface area contributed by atoms with E-state index in [1.165, 1.54) is 12.1 Å². The van der Waals surface area contributed by atoms with Crippen LogP contribution in [0.2, 0.25) is 0 Å². The van der Waals surface area contributed by atoms with Crippen molar-refractivity contribution in [2.45, 2.75) is 26.6 Å². The van der Waals surface area contributed by atoms with Crippen LogP contribution in [0.15, 0.2) is 34.9 Å². The van der Waals surface area contributed by atoms with E-state index < -0.39 is 41.5 Å². The van der Waals surface area contributed by atoms with Crippen LogP contribution in [0.25, 0.3) is 0 Å². The summed E-state index contributed by atoms with van der Waals surface area (Å²) < 4.78 is 65.2. The van der Waals surface area contributed by atoms with Gasteiger partial charge in [-0.15, -0.1) is 0 Å². The lowest BCUT2D eigenvalue weighted by Gasteiger charge is -2.08. The number of hydrogen-bond donors (Lipinski definition) is 1. The molecule has 0 aliphatic rings. The first kappa shape index (κ1) is 19.5. The van der Waals surface area contributed by atoms with Crippen molar-refractivity contribution in [1.82, 2.24) is 15.1 Å². The average Bonchev–Trinajstić information content (AvgIpc) is 3.33. The standard InChI is InChI=1S/C18H15F4N3O3/c1-2-25-10(5-6-24-25)8-23-18(26)14-4-3-11(28-14)9-27-17-15(21)12(19)7-13(20)16(17)22/h3-7H,2,8-9H2,1H3,(H,23,26). The maximum absolute atomic E-state index is 13.6. The maximum Gasteiger partial charge on any atom is 0.287 e. The van der Waals surface area contributed by atoms with Gasteiger partial charge in [-0.1, -0.05) is 0 Å². The third kappa shape index (κ3) is 4.00. The monoisotopic (exact) mass is 397 g/mol. The number of benzene rings is 1. The quantitative estimate of drug-likeness (QED) is 0.489. The van der Waals surface area contributed by atoms with Crippen molar-refractivity contribution in [3.05, 3.63) is 70.9 Å². The third-order valence-electron chi connectivity index (χ3n) is 3.85. The van der Waals surface area contributed by atoms with Crippen molar-refractivity contribution in [3.63, 3.8) is 0 Å². The lowest BCUT2D eigenvalue weighted by atomic mass is 10.3. The van der Waals surface area contributed by atoms with Gasteiger partial charge in [-0.3, -0.25) is 9.48 Å². The summed E-state index contributed by atoms with van der Waals surface area (Å²) in [5, 5.41) is 6.72. The van der Waals surface area contributed by atoms with Crippen molar-refractivity contribution in [3.8, 4) is 5.75 Å². The van der Waals surface area contributed by atoms with Gasteiger partial charge < -0.3 is 14.5 Å². The van der Waals surface area contributed by atoms with Gasteiger partial charge in [-0.25, -0.2) is 8.78 Å². The zero-order valence-electron chi connectivity index (χ0n) is 14.6. The van der Waals surface area contributed by atoms with Gasteiger partial charge >= 0.3 is 0 Å². The Morgan fingerprint density at radius 3 is 2.57 bits per heavy atom. The SMILES string of the molecule is CCn1nccc1CNC(=O)c1ccc(COc2c(F)c(F)cc(F)c2F)o1. The Balaban J connectivity index is 1.62. The fourth-order valence-corrected chi connectivity index (χ4v) is 2.45. The fourth-order valence-electron chi connectivity index (χ4n) is 2.45. The van der Waals surface area contributed by atoms with Crippen LogP contribution in [-0.2, 0) is 19.7 Å². The number of nitrogens with one attached hydrogen (secondary N) is 1. The van der Waals surface area contributed by atoms with E-state index in [0.29, 0.717) is 6.54 Å². The van der Waals surface area contributed by atoms with Crippen molar-refractivity contribution in [2.75, 3.05) is 0 Å². The summed E-state index contributed by atoms with van der Waals surface area (Å²) in [7, 11) is 0. The molecule has 1 aromatic carbocycles. The van der Waals surface area contributed by atoms with Crippen LogP contribution in [0.5, 0.6) is 5.75 Å². The molecule has 0 unspecified atom stereocenters. The van der Waals surface area contributed by atoms with Gasteiger partial charge in [0.15, 0.2) is 23.1 Å². The molecule has 0 spiro atoms. The number of aromatic nitrogens is 2. The van der Waals surface area contributed by atoms with Crippen LogP contribution < -0.4 is 10.1 Å². The van der Waals surface area contributed by atoms with Crippen LogP contribution in [0, 0.1) is 23.3 Å². The van der Waals surface area contributed by atoms with Crippen molar-refractivity contribution >= 4 is 5.91 Å². The molecule has 3 aromatic rings. The van der Waals surface area contributed by atoms with E-state index >= 15 is 0 Å². The Labute approximate surface area is 156 Å². The van der Waals surface area contributed by atoms with Crippen LogP contribution in [0.3, 0.4) is 0 Å². The Bertz CT molecular complexity index is 974. The molecule has 148 valence electrons. The maximum atomic E-state index is 13.6. The van der Waals surface area contributed by atoms with Crippen LogP contribution >= 0.6 is 0 Å². The molecule has 0 aliphatic heterocycles. The fraction of sp³-hybridized carbons (Fsp3) is 0.222. The van der Waals surface area contributed by atoms with Gasteiger partial charge in [0.25, 0.3) is 5.91 Å². The number of carbonyl (C=O) groups excluding carboxylic acids is 1. The van der Waals surface area contributed by atoms with E-state index in [2.05, 4.69) is 10.4 Å². The summed E-state index contributed by atoms with van der Waals surface area (Å²) in [5.74, 6) is -8.23. The Morgan fingerprint density at radius 1 is 1.18 bits per heavy atom. The molecule has 2 aromatic heterocycles. The number of aryl methyl sites for hydroxylation is 1. The molecule has 0 radical (unpaired) electrons. The van der Waals surface area contributed by atoms with E-state index in [4.69, 9.17) is 9.15 Å². The minimum Gasteiger partial charge on any atom is -0.479 e. The molecule has 0 bridgehead atoms. The summed E-state index contributed by atoms with van der Waals surface area (Å²) in [5.41, 5.74) is 0.796. The smallest absolute Gasteiger partial charge is 0.287 e. The second-order valence-electron chi connectivity index (χ2n) is 5.67. The second kappa shape index (κ2) is 8.15. The van der Waals surface area contributed by atoms with Gasteiger partial charge in [-0.05, 0) is 25.1 Å². The summed E-state index contributed by atoms with van der Waals surface area (Å²) in [6.07, 6.45) is 1.61. The highest BCUT2D eigenvalue weighted by molar-refractivity contribution is 5.91. The predicted molar refractivity (Wildman–Crippen MR) is 88.4 cm³/mol. The number of halogens is 4. The van der Waals surface area contributed by atoms with Crippen LogP contribution in [0.4, 0.5) is 17.6 Å². The summed E-state index contributed by atoms with van der Waals surface area (Å²) in [6, 6.07) is 4.52. The lowest BCUT2D eigenvalue weighted by Crippen LogP contribution is -2.24. The van der Waals surface area contributed by atoms with E-state index in [0.717, 1.165) is 5.69 Å². The van der Waals surface area contributed by atoms with Gasteiger partial charge in [0.2, 0.25) is 11.6 Å². The molecule has 0 saturated carbocycles. The van der Waals surface area contributed by atoms with Crippen molar-refractivity contribution in [1.29, 1.82) is 0 Å². The molecule has 0 aliphatic carbocycles. The molecule has 28 heavy (non-hydrogen) atoms. The van der Waals surface area contributed by atoms with Crippen LogP contribution in [0.1, 0.15) is 28.9 Å². The number of hydrogen-bond acceptors (Lipinski definition) is 4.